The molecule has 1 saturated heterocycles. The first-order valence-corrected chi connectivity index (χ1v) is 9.61. The van der Waals surface area contributed by atoms with E-state index in [9.17, 15) is 0 Å². The summed E-state index contributed by atoms with van der Waals surface area (Å²) in [5.41, 5.74) is 4.53. The number of guanidine groups is 1. The molecule has 2 heterocycles. The monoisotopic (exact) mass is 351 g/mol. The van der Waals surface area contributed by atoms with E-state index in [0.29, 0.717) is 11.3 Å². The van der Waals surface area contributed by atoms with E-state index in [4.69, 9.17) is 0 Å². The van der Waals surface area contributed by atoms with Gasteiger partial charge in [-0.15, -0.1) is 0 Å². The fraction of sp³-hybridized carbons (Fsp3) is 0.524. The normalized spacial score (nSPS) is 21.9. The predicted molar refractivity (Wildman–Crippen MR) is 106 cm³/mol. The SMILES string of the molecule is CN=C(NCC1(c2ccccc2C)CC1)N1CCC(c2cnn(C)c2)C1. The minimum absolute atomic E-state index is 0.295. The number of nitrogens with zero attached hydrogens (tertiary/aromatic N) is 4. The smallest absolute Gasteiger partial charge is 0.193 e. The molecule has 2 fully saturated rings. The van der Waals surface area contributed by atoms with Crippen LogP contribution in [0.4, 0.5) is 0 Å². The first-order valence-electron chi connectivity index (χ1n) is 9.61. The number of likely N-dealkylation sites (tertiary alicyclic amines) is 1. The second-order valence-electron chi connectivity index (χ2n) is 7.87. The lowest BCUT2D eigenvalue weighted by Crippen LogP contribution is -2.43. The zero-order chi connectivity index (χ0) is 18.1. The molecule has 0 radical (unpaired) electrons. The molecule has 0 spiro atoms. The van der Waals surface area contributed by atoms with Crippen LogP contribution in [0, 0.1) is 6.92 Å². The lowest BCUT2D eigenvalue weighted by molar-refractivity contribution is 0.478. The van der Waals surface area contributed by atoms with Gasteiger partial charge in [0.15, 0.2) is 5.96 Å². The number of aromatic nitrogens is 2. The second kappa shape index (κ2) is 6.78. The van der Waals surface area contributed by atoms with E-state index >= 15 is 0 Å². The average molecular weight is 351 g/mol. The Labute approximate surface area is 156 Å². The van der Waals surface area contributed by atoms with Gasteiger partial charge in [-0.05, 0) is 42.9 Å². The molecular formula is C21H29N5. The zero-order valence-corrected chi connectivity index (χ0v) is 16.1. The highest BCUT2D eigenvalue weighted by molar-refractivity contribution is 5.80. The molecule has 1 aromatic heterocycles. The van der Waals surface area contributed by atoms with Crippen molar-refractivity contribution in [2.75, 3.05) is 26.7 Å². The van der Waals surface area contributed by atoms with Crippen molar-refractivity contribution in [3.8, 4) is 0 Å². The molecule has 0 bridgehead atoms. The number of aliphatic imine (C=N–C) groups is 1. The van der Waals surface area contributed by atoms with Crippen LogP contribution in [0.25, 0.3) is 0 Å². The molecule has 1 unspecified atom stereocenters. The Bertz CT molecular complexity index is 802. The van der Waals surface area contributed by atoms with Crippen molar-refractivity contribution in [3.63, 3.8) is 0 Å². The third-order valence-electron chi connectivity index (χ3n) is 6.05. The van der Waals surface area contributed by atoms with Crippen molar-refractivity contribution in [2.24, 2.45) is 12.0 Å². The molecule has 1 saturated carbocycles. The quantitative estimate of drug-likeness (QED) is 0.680. The molecule has 5 nitrogen and oxygen atoms in total. The Balaban J connectivity index is 1.39. The van der Waals surface area contributed by atoms with E-state index in [1.165, 1.54) is 29.5 Å². The number of nitrogens with one attached hydrogen (secondary N) is 1. The van der Waals surface area contributed by atoms with Crippen molar-refractivity contribution in [3.05, 3.63) is 53.3 Å². The van der Waals surface area contributed by atoms with Gasteiger partial charge in [0.05, 0.1) is 6.20 Å². The van der Waals surface area contributed by atoms with E-state index in [1.807, 2.05) is 25.0 Å². The molecule has 2 aromatic rings. The van der Waals surface area contributed by atoms with Crippen molar-refractivity contribution in [1.29, 1.82) is 0 Å². The lowest BCUT2D eigenvalue weighted by Gasteiger charge is -2.25. The standard InChI is InChI=1S/C21H29N5/c1-16-6-4-5-7-19(16)21(9-10-21)15-23-20(22-2)26-11-8-17(14-26)18-12-24-25(3)13-18/h4-7,12-13,17H,8-11,14-15H2,1-3H3,(H,22,23). The van der Waals surface area contributed by atoms with Crippen molar-refractivity contribution < 1.29 is 0 Å². The molecule has 1 aliphatic heterocycles. The predicted octanol–water partition coefficient (Wildman–Crippen LogP) is 2.83. The molecule has 4 rings (SSSR count). The fourth-order valence-electron chi connectivity index (χ4n) is 4.32. The summed E-state index contributed by atoms with van der Waals surface area (Å²) in [5, 5.41) is 7.99. The maximum absolute atomic E-state index is 4.56. The summed E-state index contributed by atoms with van der Waals surface area (Å²) >= 11 is 0. The van der Waals surface area contributed by atoms with Gasteiger partial charge in [0, 0.05) is 51.3 Å². The highest BCUT2D eigenvalue weighted by Crippen LogP contribution is 2.48. The molecule has 1 atom stereocenters. The first-order chi connectivity index (χ1) is 12.6. The van der Waals surface area contributed by atoms with E-state index in [-0.39, 0.29) is 0 Å². The Kier molecular flexibility index (Phi) is 4.47. The Morgan fingerprint density at radius 2 is 2.15 bits per heavy atom. The van der Waals surface area contributed by atoms with E-state index in [2.05, 4.69) is 57.7 Å². The lowest BCUT2D eigenvalue weighted by atomic mass is 9.92. The van der Waals surface area contributed by atoms with Crippen LogP contribution in [0.15, 0.2) is 41.7 Å². The van der Waals surface area contributed by atoms with Gasteiger partial charge in [-0.2, -0.15) is 5.10 Å². The van der Waals surface area contributed by atoms with Crippen LogP contribution in [0.5, 0.6) is 0 Å². The van der Waals surface area contributed by atoms with Crippen LogP contribution in [0.2, 0.25) is 0 Å². The number of rotatable bonds is 4. The van der Waals surface area contributed by atoms with Gasteiger partial charge in [-0.3, -0.25) is 9.67 Å². The molecule has 138 valence electrons. The van der Waals surface area contributed by atoms with E-state index in [0.717, 1.165) is 32.0 Å². The van der Waals surface area contributed by atoms with Crippen LogP contribution >= 0.6 is 0 Å². The van der Waals surface area contributed by atoms with Gasteiger partial charge in [0.25, 0.3) is 0 Å². The summed E-state index contributed by atoms with van der Waals surface area (Å²) in [6.45, 7) is 5.26. The molecule has 2 aliphatic rings. The molecule has 0 amide bonds. The zero-order valence-electron chi connectivity index (χ0n) is 16.1. The minimum atomic E-state index is 0.295. The van der Waals surface area contributed by atoms with E-state index in [1.54, 1.807) is 0 Å². The fourth-order valence-corrected chi connectivity index (χ4v) is 4.32. The summed E-state index contributed by atoms with van der Waals surface area (Å²) in [4.78, 5) is 6.96. The molecule has 1 N–H and O–H groups in total. The van der Waals surface area contributed by atoms with Crippen LogP contribution in [0.3, 0.4) is 0 Å². The Hall–Kier alpha value is -2.30. The summed E-state index contributed by atoms with van der Waals surface area (Å²) < 4.78 is 1.89. The molecule has 1 aromatic carbocycles. The molecular weight excluding hydrogens is 322 g/mol. The summed E-state index contributed by atoms with van der Waals surface area (Å²) in [7, 11) is 3.88. The molecule has 5 heteroatoms. The summed E-state index contributed by atoms with van der Waals surface area (Å²) in [5.74, 6) is 1.59. The minimum Gasteiger partial charge on any atom is -0.355 e. The summed E-state index contributed by atoms with van der Waals surface area (Å²) in [6.07, 6.45) is 7.83. The Morgan fingerprint density at radius 3 is 2.81 bits per heavy atom. The van der Waals surface area contributed by atoms with Gasteiger partial charge < -0.3 is 10.2 Å². The van der Waals surface area contributed by atoms with Crippen molar-refractivity contribution >= 4 is 5.96 Å². The number of benzene rings is 1. The van der Waals surface area contributed by atoms with Gasteiger partial charge in [0.1, 0.15) is 0 Å². The van der Waals surface area contributed by atoms with Gasteiger partial charge in [-0.1, -0.05) is 24.3 Å². The maximum atomic E-state index is 4.56. The molecule has 26 heavy (non-hydrogen) atoms. The summed E-state index contributed by atoms with van der Waals surface area (Å²) in [6, 6.07) is 8.81. The van der Waals surface area contributed by atoms with Gasteiger partial charge in [-0.25, -0.2) is 0 Å². The highest BCUT2D eigenvalue weighted by Gasteiger charge is 2.45. The van der Waals surface area contributed by atoms with Crippen LogP contribution in [-0.4, -0.2) is 47.3 Å². The first kappa shape index (κ1) is 17.1. The maximum Gasteiger partial charge on any atom is 0.193 e. The average Bonchev–Trinajstić information content (AvgIpc) is 3.04. The highest BCUT2D eigenvalue weighted by atomic mass is 15.3. The third kappa shape index (κ3) is 3.22. The van der Waals surface area contributed by atoms with Crippen LogP contribution in [-0.2, 0) is 12.5 Å². The van der Waals surface area contributed by atoms with Crippen LogP contribution in [0.1, 0.15) is 41.9 Å². The van der Waals surface area contributed by atoms with Crippen molar-refractivity contribution in [2.45, 2.75) is 37.5 Å². The number of aryl methyl sites for hydroxylation is 2. The third-order valence-corrected chi connectivity index (χ3v) is 6.05. The largest absolute Gasteiger partial charge is 0.355 e. The van der Waals surface area contributed by atoms with Gasteiger partial charge in [0.2, 0.25) is 0 Å². The van der Waals surface area contributed by atoms with Gasteiger partial charge >= 0.3 is 0 Å². The molecule has 1 aliphatic carbocycles. The Morgan fingerprint density at radius 1 is 1.35 bits per heavy atom. The topological polar surface area (TPSA) is 45.5 Å². The van der Waals surface area contributed by atoms with Crippen LogP contribution < -0.4 is 5.32 Å². The van der Waals surface area contributed by atoms with E-state index < -0.39 is 0 Å². The number of hydrogen-bond donors (Lipinski definition) is 1. The number of hydrogen-bond acceptors (Lipinski definition) is 2. The second-order valence-corrected chi connectivity index (χ2v) is 7.87. The van der Waals surface area contributed by atoms with Crippen molar-refractivity contribution in [1.82, 2.24) is 20.0 Å².